The van der Waals surface area contributed by atoms with E-state index in [1.54, 1.807) is 22.7 Å². The van der Waals surface area contributed by atoms with Gasteiger partial charge in [-0.1, -0.05) is 69.3 Å². The fourth-order valence-electron chi connectivity index (χ4n) is 8.30. The Labute approximate surface area is 376 Å². The molecule has 0 saturated carbocycles. The quantitative estimate of drug-likeness (QED) is 0.107. The number of hydrogen-bond acceptors (Lipinski definition) is 12. The first-order chi connectivity index (χ1) is 29.9. The molecular weight excluding hydrogens is 837 g/mol. The molecule has 5 heterocycles. The summed E-state index contributed by atoms with van der Waals surface area (Å²) in [5, 5.41) is 26.5. The van der Waals surface area contributed by atoms with Crippen LogP contribution in [0.25, 0.3) is 15.4 Å². The van der Waals surface area contributed by atoms with Crippen LogP contribution >= 0.6 is 22.7 Å². The van der Waals surface area contributed by atoms with E-state index in [-0.39, 0.29) is 49.6 Å². The average molecular weight is 893 g/mol. The molecule has 14 nitrogen and oxygen atoms in total. The predicted octanol–water partition coefficient (Wildman–Crippen LogP) is 6.83. The minimum Gasteiger partial charge on any atom is -0.469 e. The van der Waals surface area contributed by atoms with E-state index in [1.807, 2.05) is 100 Å². The van der Waals surface area contributed by atoms with Crippen LogP contribution in [0.4, 0.5) is 0 Å². The van der Waals surface area contributed by atoms with Gasteiger partial charge < -0.3 is 25.4 Å². The Morgan fingerprint density at radius 2 is 1.67 bits per heavy atom. The summed E-state index contributed by atoms with van der Waals surface area (Å²) in [6.07, 6.45) is 0.598. The van der Waals surface area contributed by atoms with E-state index in [0.29, 0.717) is 24.5 Å². The van der Waals surface area contributed by atoms with Gasteiger partial charge in [-0.05, 0) is 75.1 Å². The van der Waals surface area contributed by atoms with Gasteiger partial charge in [-0.25, -0.2) is 4.98 Å². The Hall–Kier alpha value is -5.58. The third-order valence-electron chi connectivity index (χ3n) is 12.0. The summed E-state index contributed by atoms with van der Waals surface area (Å²) in [5.74, 6) is -0.107. The topological polar surface area (TPSA) is 181 Å². The highest BCUT2D eigenvalue weighted by molar-refractivity contribution is 7.15. The molecule has 0 aliphatic carbocycles. The molecule has 16 heteroatoms. The number of hydrogen-bond donors (Lipinski definition) is 3. The van der Waals surface area contributed by atoms with Crippen LogP contribution in [0.1, 0.15) is 115 Å². The van der Waals surface area contributed by atoms with Crippen LogP contribution in [0.5, 0.6) is 0 Å². The summed E-state index contributed by atoms with van der Waals surface area (Å²) in [4.78, 5) is 67.1. The number of nitrogens with zero attached hydrogens (tertiary/aromatic N) is 6. The number of aliphatic imine (C=N–C) groups is 1. The molecule has 0 bridgehead atoms. The van der Waals surface area contributed by atoms with Crippen LogP contribution in [0.15, 0.2) is 59.0 Å². The van der Waals surface area contributed by atoms with Crippen molar-refractivity contribution in [3.05, 3.63) is 104 Å². The third kappa shape index (κ3) is 9.67. The molecule has 5 atom stereocenters. The predicted molar refractivity (Wildman–Crippen MR) is 244 cm³/mol. The van der Waals surface area contributed by atoms with E-state index >= 15 is 0 Å². The Balaban J connectivity index is 0.986. The second-order valence-corrected chi connectivity index (χ2v) is 19.7. The van der Waals surface area contributed by atoms with E-state index in [2.05, 4.69) is 39.7 Å². The van der Waals surface area contributed by atoms with E-state index in [1.165, 1.54) is 12.0 Å². The monoisotopic (exact) mass is 892 g/mol. The molecule has 3 amide bonds. The number of ether oxygens (including phenoxy) is 1. The molecule has 332 valence electrons. The lowest BCUT2D eigenvalue weighted by molar-refractivity contribution is -0.144. The minimum atomic E-state index is -0.917. The van der Waals surface area contributed by atoms with Crippen LogP contribution in [-0.4, -0.2) is 91.0 Å². The number of benzene rings is 2. The fraction of sp³-hybridized carbons (Fsp3) is 0.447. The van der Waals surface area contributed by atoms with Crippen LogP contribution in [0.3, 0.4) is 0 Å². The maximum atomic E-state index is 14.2. The second-order valence-electron chi connectivity index (χ2n) is 17.6. The van der Waals surface area contributed by atoms with Crippen molar-refractivity contribution in [2.75, 3.05) is 13.7 Å². The number of thiophene rings is 1. The lowest BCUT2D eigenvalue weighted by Gasteiger charge is -2.35. The van der Waals surface area contributed by atoms with Gasteiger partial charge in [-0.2, -0.15) is 0 Å². The number of carbonyl (C=O) groups is 4. The lowest BCUT2D eigenvalue weighted by atomic mass is 9.85. The Morgan fingerprint density at radius 3 is 2.32 bits per heavy atom. The van der Waals surface area contributed by atoms with E-state index < -0.39 is 35.6 Å². The van der Waals surface area contributed by atoms with Crippen molar-refractivity contribution in [1.82, 2.24) is 35.3 Å². The summed E-state index contributed by atoms with van der Waals surface area (Å²) in [7, 11) is 1.36. The number of β-amino-alcohol motifs (C(OH)–C–C–N with tert-alkyl or cyclic N) is 1. The number of amides is 3. The van der Waals surface area contributed by atoms with Crippen molar-refractivity contribution < 1.29 is 29.0 Å². The standard InChI is InChI=1S/C47H56N8O6S2/c1-25-28(4)63-46-39(25)40(50-35(22-38(58)61-9)43-53-52-29(5)55(43)46)32-15-13-30(14-16-32)11-10-12-37(57)51-42(47(6,7)8)45(60)54-23-34(56)21-36(54)44(59)49-26(2)31-17-19-33(20-18-31)41-27(3)48-24-62-41/h13-20,24,26,34-36,42,56H,10-12,21-23H2,1-9H3,(H,49,59)(H,51,57)/t26-,34+,35-,36-,42?/m0/s1. The number of aliphatic hydroxyl groups excluding tert-OH is 1. The molecule has 7 rings (SSSR count). The van der Waals surface area contributed by atoms with E-state index in [4.69, 9.17) is 9.73 Å². The molecule has 1 saturated heterocycles. The van der Waals surface area contributed by atoms with Crippen molar-refractivity contribution in [3.8, 4) is 15.4 Å². The van der Waals surface area contributed by atoms with Crippen molar-refractivity contribution in [3.63, 3.8) is 0 Å². The van der Waals surface area contributed by atoms with Gasteiger partial charge in [0, 0.05) is 35.4 Å². The SMILES string of the molecule is COC(=O)C[C@@H]1N=C(c2ccc(CCCC(=O)NC(C(=O)N3C[C@H](O)C[C@H]3C(=O)N[C@@H](C)c3ccc(-c4scnc4C)cc3)C(C)(C)C)cc2)c2c(sc(C)c2C)-n2c(C)nnc21. The molecule has 63 heavy (non-hydrogen) atoms. The number of aryl methyl sites for hydroxylation is 4. The van der Waals surface area contributed by atoms with Crippen molar-refractivity contribution in [2.24, 2.45) is 10.4 Å². The van der Waals surface area contributed by atoms with Crippen LogP contribution < -0.4 is 10.6 Å². The summed E-state index contributed by atoms with van der Waals surface area (Å²) in [6, 6.07) is 13.3. The van der Waals surface area contributed by atoms with Crippen molar-refractivity contribution in [1.29, 1.82) is 0 Å². The number of esters is 1. The fourth-order valence-corrected chi connectivity index (χ4v) is 10.3. The van der Waals surface area contributed by atoms with Gasteiger partial charge in [0.05, 0.1) is 47.5 Å². The molecule has 2 aromatic carbocycles. The number of likely N-dealkylation sites (tertiary alicyclic amines) is 1. The number of methoxy groups -OCH3 is 1. The molecule has 3 N–H and O–H groups in total. The number of aliphatic hydroxyl groups is 1. The number of aromatic nitrogens is 4. The Kier molecular flexibility index (Phi) is 13.4. The van der Waals surface area contributed by atoms with Crippen molar-refractivity contribution >= 4 is 52.1 Å². The van der Waals surface area contributed by atoms with E-state index in [0.717, 1.165) is 59.5 Å². The highest BCUT2D eigenvalue weighted by Crippen LogP contribution is 2.40. The van der Waals surface area contributed by atoms with Gasteiger partial charge in [0.15, 0.2) is 5.82 Å². The smallest absolute Gasteiger partial charge is 0.308 e. The minimum absolute atomic E-state index is 0.00119. The maximum Gasteiger partial charge on any atom is 0.308 e. The number of nitrogens with one attached hydrogen (secondary N) is 2. The molecule has 1 unspecified atom stereocenters. The molecule has 0 radical (unpaired) electrons. The zero-order valence-electron chi connectivity index (χ0n) is 37.3. The summed E-state index contributed by atoms with van der Waals surface area (Å²) in [5.41, 5.74) is 8.84. The number of fused-ring (bicyclic) bond motifs is 3. The number of carbonyl (C=O) groups excluding carboxylic acids is 4. The first-order valence-corrected chi connectivity index (χ1v) is 23.0. The maximum absolute atomic E-state index is 14.2. The average Bonchev–Trinajstić information content (AvgIpc) is 4.01. The van der Waals surface area contributed by atoms with E-state index in [9.17, 15) is 24.3 Å². The van der Waals surface area contributed by atoms with Gasteiger partial charge in [-0.15, -0.1) is 32.9 Å². The normalized spacial score (nSPS) is 18.2. The second kappa shape index (κ2) is 18.6. The molecule has 3 aromatic heterocycles. The van der Waals surface area contributed by atoms with Crippen LogP contribution in [-0.2, 0) is 30.3 Å². The number of thiazole rings is 1. The highest BCUT2D eigenvalue weighted by Gasteiger charge is 2.45. The molecule has 1 fully saturated rings. The number of rotatable bonds is 13. The Morgan fingerprint density at radius 1 is 0.968 bits per heavy atom. The van der Waals surface area contributed by atoms with Gasteiger partial charge >= 0.3 is 5.97 Å². The first-order valence-electron chi connectivity index (χ1n) is 21.3. The van der Waals surface area contributed by atoms with Gasteiger partial charge in [0.1, 0.15) is 29.0 Å². The zero-order chi connectivity index (χ0) is 45.3. The first kappa shape index (κ1) is 45.4. The summed E-state index contributed by atoms with van der Waals surface area (Å²) < 4.78 is 7.02. The van der Waals surface area contributed by atoms with Crippen LogP contribution in [0, 0.1) is 33.1 Å². The Bertz CT molecular complexity index is 2530. The third-order valence-corrected chi connectivity index (χ3v) is 14.2. The van der Waals surface area contributed by atoms with Crippen LogP contribution in [0.2, 0.25) is 0 Å². The van der Waals surface area contributed by atoms with Gasteiger partial charge in [0.2, 0.25) is 17.7 Å². The molecule has 0 spiro atoms. The van der Waals surface area contributed by atoms with Gasteiger partial charge in [0.25, 0.3) is 0 Å². The largest absolute Gasteiger partial charge is 0.469 e. The molecular formula is C47H56N8O6S2. The summed E-state index contributed by atoms with van der Waals surface area (Å²) in [6.45, 7) is 15.5. The molecule has 2 aliphatic rings. The zero-order valence-corrected chi connectivity index (χ0v) is 38.9. The molecule has 2 aliphatic heterocycles. The lowest BCUT2D eigenvalue weighted by Crippen LogP contribution is -2.57. The summed E-state index contributed by atoms with van der Waals surface area (Å²) >= 11 is 3.22. The van der Waals surface area contributed by atoms with Gasteiger partial charge in [-0.3, -0.25) is 28.7 Å². The van der Waals surface area contributed by atoms with Crippen molar-refractivity contribution in [2.45, 2.75) is 118 Å². The molecule has 5 aromatic rings. The highest BCUT2D eigenvalue weighted by atomic mass is 32.1.